The summed E-state index contributed by atoms with van der Waals surface area (Å²) in [5, 5.41) is 26.1. The molecular weight excluding hydrogens is 679 g/mol. The molecule has 0 aliphatic carbocycles. The second kappa shape index (κ2) is 13.1. The molecule has 15 nitrogen and oxygen atoms in total. The normalized spacial score (nSPS) is 11.9. The van der Waals surface area contributed by atoms with Gasteiger partial charge in [-0.2, -0.15) is 15.2 Å². The number of anilines is 3. The molecule has 0 spiro atoms. The minimum absolute atomic E-state index is 0.00976. The average molecular weight is 708 g/mol. The van der Waals surface area contributed by atoms with Crippen LogP contribution in [0, 0.1) is 39.0 Å². The van der Waals surface area contributed by atoms with E-state index in [2.05, 4.69) is 45.3 Å². The molecule has 0 unspecified atom stereocenters. The molecule has 0 saturated heterocycles. The molecule has 0 amide bonds. The maximum atomic E-state index is 14.2. The van der Waals surface area contributed by atoms with Crippen LogP contribution >= 0.6 is 0 Å². The fourth-order valence-electron chi connectivity index (χ4n) is 5.13. The Hall–Kier alpha value is -6.12. The number of para-hydroxylation sites is 1. The number of hydrogen-bond acceptors (Lipinski definition) is 13. The number of aromatic nitrogens is 6. The van der Waals surface area contributed by atoms with Crippen molar-refractivity contribution in [2.45, 2.75) is 37.6 Å². The molecule has 0 bridgehead atoms. The Balaban J connectivity index is 1.56. The molecule has 3 aromatic carbocycles. The Morgan fingerprint density at radius 3 is 2.24 bits per heavy atom. The molecule has 3 heterocycles. The topological polar surface area (TPSA) is 210 Å². The molecule has 0 aliphatic heterocycles. The van der Waals surface area contributed by atoms with E-state index in [1.54, 1.807) is 31.3 Å². The van der Waals surface area contributed by atoms with E-state index in [1.165, 1.54) is 23.0 Å². The lowest BCUT2D eigenvalue weighted by Crippen LogP contribution is -2.16. The van der Waals surface area contributed by atoms with Gasteiger partial charge in [-0.1, -0.05) is 53.6 Å². The van der Waals surface area contributed by atoms with Crippen LogP contribution < -0.4 is 10.0 Å². The van der Waals surface area contributed by atoms with E-state index < -0.39 is 30.8 Å². The zero-order chi connectivity index (χ0) is 35.8. The summed E-state index contributed by atoms with van der Waals surface area (Å²) in [5.41, 5.74) is 4.26. The number of nitrogens with one attached hydrogen (secondary N) is 2. The van der Waals surface area contributed by atoms with Gasteiger partial charge < -0.3 is 5.32 Å². The molecule has 2 N–H and O–H groups in total. The molecule has 0 aliphatic rings. The third kappa shape index (κ3) is 7.02. The van der Waals surface area contributed by atoms with E-state index in [0.29, 0.717) is 11.2 Å². The smallest absolute Gasteiger partial charge is 0.251 e. The summed E-state index contributed by atoms with van der Waals surface area (Å²) in [6.45, 7) is 7.44. The third-order valence-corrected chi connectivity index (χ3v) is 9.62. The first-order valence-corrected chi connectivity index (χ1v) is 18.3. The molecule has 0 radical (unpaired) electrons. The van der Waals surface area contributed by atoms with Crippen molar-refractivity contribution in [3.05, 3.63) is 101 Å². The van der Waals surface area contributed by atoms with Crippen LogP contribution in [0.15, 0.2) is 93.2 Å². The fraction of sp³-hybridized carbons (Fsp3) is 0.152. The van der Waals surface area contributed by atoms with Crippen molar-refractivity contribution < 1.29 is 16.8 Å². The number of nitrogens with zero attached hydrogens (tertiary/aromatic N) is 9. The Kier molecular flexibility index (Phi) is 8.82. The van der Waals surface area contributed by atoms with Gasteiger partial charge in [-0.3, -0.25) is 4.72 Å². The molecule has 50 heavy (non-hydrogen) atoms. The molecule has 17 heteroatoms. The number of nitriles is 1. The van der Waals surface area contributed by atoms with Crippen molar-refractivity contribution in [1.29, 1.82) is 5.26 Å². The monoisotopic (exact) mass is 707 g/mol. The van der Waals surface area contributed by atoms with Crippen molar-refractivity contribution in [2.24, 2.45) is 10.2 Å². The highest BCUT2D eigenvalue weighted by molar-refractivity contribution is 7.92. The molecule has 6 rings (SSSR count). The van der Waals surface area contributed by atoms with Crippen molar-refractivity contribution in [1.82, 2.24) is 29.7 Å². The summed E-state index contributed by atoms with van der Waals surface area (Å²) in [5.74, 6) is -0.699. The first kappa shape index (κ1) is 33.8. The standard InChI is InChI=1S/C33H29N11O4S2/c1-19-10-12-25(13-11-19)50(47,48)31-28(30(38-32(39-31)43-49(5,45)46)37-27-21(3)14-20(2)15-22(27)4)40-41-29-24(16-34)18-44(42-29)33-35-17-23-8-6-7-9-26(23)36-33/h6-15,17-18H,1-5H3,(H2,37,38,39,43). The Bertz CT molecular complexity index is 2570. The van der Waals surface area contributed by atoms with Crippen molar-refractivity contribution >= 4 is 59.7 Å². The number of hydrogen-bond donors (Lipinski definition) is 2. The lowest BCUT2D eigenvalue weighted by atomic mass is 10.1. The van der Waals surface area contributed by atoms with Crippen molar-refractivity contribution in [3.8, 4) is 12.0 Å². The maximum absolute atomic E-state index is 14.2. The number of azo groups is 1. The number of sulfonamides is 1. The van der Waals surface area contributed by atoms with Gasteiger partial charge in [0.1, 0.15) is 11.6 Å². The highest BCUT2D eigenvalue weighted by Crippen LogP contribution is 2.39. The number of aryl methyl sites for hydroxylation is 4. The van der Waals surface area contributed by atoms with Crippen LogP contribution in [0.3, 0.4) is 0 Å². The largest absolute Gasteiger partial charge is 0.338 e. The summed E-state index contributed by atoms with van der Waals surface area (Å²) in [6.07, 6.45) is 3.87. The Morgan fingerprint density at radius 1 is 0.860 bits per heavy atom. The van der Waals surface area contributed by atoms with Gasteiger partial charge in [0, 0.05) is 17.3 Å². The zero-order valence-electron chi connectivity index (χ0n) is 27.4. The van der Waals surface area contributed by atoms with E-state index in [4.69, 9.17) is 0 Å². The lowest BCUT2D eigenvalue weighted by Gasteiger charge is -2.17. The van der Waals surface area contributed by atoms with Crippen molar-refractivity contribution in [2.75, 3.05) is 16.3 Å². The van der Waals surface area contributed by atoms with E-state index in [1.807, 2.05) is 57.2 Å². The van der Waals surface area contributed by atoms with Crippen LogP contribution in [-0.2, 0) is 19.9 Å². The zero-order valence-corrected chi connectivity index (χ0v) is 29.0. The van der Waals surface area contributed by atoms with Crippen LogP contribution in [0.1, 0.15) is 27.8 Å². The molecule has 252 valence electrons. The van der Waals surface area contributed by atoms with Gasteiger partial charge in [-0.25, -0.2) is 31.5 Å². The van der Waals surface area contributed by atoms with Crippen molar-refractivity contribution in [3.63, 3.8) is 0 Å². The number of fused-ring (bicyclic) bond motifs is 1. The second-order valence-electron chi connectivity index (χ2n) is 11.5. The summed E-state index contributed by atoms with van der Waals surface area (Å²) >= 11 is 0. The van der Waals surface area contributed by atoms with Gasteiger partial charge in [0.05, 0.1) is 22.9 Å². The summed E-state index contributed by atoms with van der Waals surface area (Å²) in [4.78, 5) is 17.2. The minimum Gasteiger partial charge on any atom is -0.338 e. The fourth-order valence-corrected chi connectivity index (χ4v) is 6.86. The van der Waals surface area contributed by atoms with Gasteiger partial charge in [-0.15, -0.1) is 15.3 Å². The highest BCUT2D eigenvalue weighted by Gasteiger charge is 2.29. The van der Waals surface area contributed by atoms with Gasteiger partial charge in [0.25, 0.3) is 5.95 Å². The quantitative estimate of drug-likeness (QED) is 0.130. The first-order valence-electron chi connectivity index (χ1n) is 14.9. The maximum Gasteiger partial charge on any atom is 0.251 e. The van der Waals surface area contributed by atoms with Crippen LogP contribution in [-0.4, -0.2) is 52.8 Å². The molecule has 3 aromatic heterocycles. The third-order valence-electron chi connectivity index (χ3n) is 7.38. The minimum atomic E-state index is -4.48. The Labute approximate surface area is 287 Å². The molecule has 6 aromatic rings. The number of rotatable bonds is 9. The molecule has 0 saturated carbocycles. The van der Waals surface area contributed by atoms with Crippen LogP contribution in [0.5, 0.6) is 0 Å². The SMILES string of the molecule is Cc1ccc(S(=O)(=O)c2nc(NS(C)(=O)=O)nc(Nc3c(C)cc(C)cc3C)c2N=Nc2nn(-c3ncc4ccccc4n3)cc2C#N)cc1. The molecular formula is C33H29N11O4S2. The van der Waals surface area contributed by atoms with Gasteiger partial charge in [0.2, 0.25) is 31.6 Å². The van der Waals surface area contributed by atoms with Crippen LogP contribution in [0.4, 0.5) is 29.0 Å². The van der Waals surface area contributed by atoms with E-state index in [-0.39, 0.29) is 33.7 Å². The highest BCUT2D eigenvalue weighted by atomic mass is 32.2. The molecule has 0 fully saturated rings. The number of sulfone groups is 1. The first-order chi connectivity index (χ1) is 23.7. The van der Waals surface area contributed by atoms with E-state index in [0.717, 1.165) is 33.9 Å². The van der Waals surface area contributed by atoms with Gasteiger partial charge in [-0.05, 0) is 57.0 Å². The number of benzene rings is 3. The van der Waals surface area contributed by atoms with E-state index in [9.17, 15) is 22.1 Å². The van der Waals surface area contributed by atoms with E-state index >= 15 is 0 Å². The Morgan fingerprint density at radius 2 is 1.56 bits per heavy atom. The summed E-state index contributed by atoms with van der Waals surface area (Å²) < 4.78 is 56.4. The average Bonchev–Trinajstić information content (AvgIpc) is 3.48. The second-order valence-corrected chi connectivity index (χ2v) is 15.1. The summed E-state index contributed by atoms with van der Waals surface area (Å²) in [6, 6.07) is 19.2. The summed E-state index contributed by atoms with van der Waals surface area (Å²) in [7, 11) is -8.42. The van der Waals surface area contributed by atoms with Gasteiger partial charge in [0.15, 0.2) is 16.5 Å². The lowest BCUT2D eigenvalue weighted by molar-refractivity contribution is 0.591. The van der Waals surface area contributed by atoms with Gasteiger partial charge >= 0.3 is 0 Å². The predicted molar refractivity (Wildman–Crippen MR) is 187 cm³/mol. The van der Waals surface area contributed by atoms with Crippen LogP contribution in [0.25, 0.3) is 16.9 Å². The van der Waals surface area contributed by atoms with Crippen LogP contribution in [0.2, 0.25) is 0 Å². The molecule has 0 atom stereocenters. The predicted octanol–water partition coefficient (Wildman–Crippen LogP) is 6.07.